The average Bonchev–Trinajstić information content (AvgIpc) is 2.54. The summed E-state index contributed by atoms with van der Waals surface area (Å²) in [4.78, 5) is 30.9. The number of hydrogen-bond donors (Lipinski definition) is 2. The fraction of sp³-hybridized carbons (Fsp3) is 0.278. The summed E-state index contributed by atoms with van der Waals surface area (Å²) in [5.41, 5.74) is 2.65. The molecule has 1 aliphatic heterocycles. The maximum Gasteiger partial charge on any atom is 0.324 e. The number of anilines is 1. The molecule has 2 N–H and O–H groups in total. The van der Waals surface area contributed by atoms with E-state index in [0.29, 0.717) is 18.9 Å². The first-order chi connectivity index (χ1) is 11.5. The number of pyridine rings is 1. The number of urea groups is 1. The molecule has 1 saturated heterocycles. The zero-order valence-corrected chi connectivity index (χ0v) is 13.7. The summed E-state index contributed by atoms with van der Waals surface area (Å²) in [6.07, 6.45) is 0. The van der Waals surface area contributed by atoms with Crippen LogP contribution in [0.1, 0.15) is 22.9 Å². The first-order valence-corrected chi connectivity index (χ1v) is 7.90. The molecule has 2 aromatic rings. The number of nitrogens with zero attached hydrogens (tertiary/aromatic N) is 2. The molecular weight excluding hydrogens is 304 g/mol. The van der Waals surface area contributed by atoms with Gasteiger partial charge in [0.2, 0.25) is 5.91 Å². The highest BCUT2D eigenvalue weighted by molar-refractivity contribution is 5.94. The molecule has 0 spiro atoms. The monoisotopic (exact) mass is 324 g/mol. The fourth-order valence-corrected chi connectivity index (χ4v) is 2.94. The number of carbonyl (C=O) groups excluding carboxylic acids is 2. The molecule has 1 aromatic carbocycles. The molecule has 124 valence electrons. The molecule has 6 heteroatoms. The Bertz CT molecular complexity index is 741. The van der Waals surface area contributed by atoms with Crippen molar-refractivity contribution in [3.05, 3.63) is 59.3 Å². The van der Waals surface area contributed by atoms with Crippen molar-refractivity contribution in [2.24, 2.45) is 0 Å². The van der Waals surface area contributed by atoms with Crippen LogP contribution in [0.3, 0.4) is 0 Å². The standard InChI is InChI=1S/C18H20N4O2/c1-12-10-13(2)20-15(11-12)21-18(24)22-9-8-19-17(23)16(22)14-6-4-3-5-7-14/h3-7,10-11,16H,8-9H2,1-2H3,(H,19,23)(H,20,21,24)/t16-/m0/s1. The maximum atomic E-state index is 12.7. The summed E-state index contributed by atoms with van der Waals surface area (Å²) in [6.45, 7) is 4.72. The van der Waals surface area contributed by atoms with E-state index in [1.807, 2.05) is 56.3 Å². The molecule has 0 unspecified atom stereocenters. The Morgan fingerprint density at radius 3 is 2.71 bits per heavy atom. The number of benzene rings is 1. The van der Waals surface area contributed by atoms with Crippen molar-refractivity contribution < 1.29 is 9.59 Å². The topological polar surface area (TPSA) is 74.3 Å². The number of amides is 3. The lowest BCUT2D eigenvalue weighted by Gasteiger charge is -2.35. The Hall–Kier alpha value is -2.89. The predicted molar refractivity (Wildman–Crippen MR) is 91.6 cm³/mol. The van der Waals surface area contributed by atoms with Crippen LogP contribution in [0.4, 0.5) is 10.6 Å². The minimum atomic E-state index is -0.633. The lowest BCUT2D eigenvalue weighted by molar-refractivity contribution is -0.127. The van der Waals surface area contributed by atoms with Gasteiger partial charge in [-0.2, -0.15) is 0 Å². The molecule has 1 fully saturated rings. The van der Waals surface area contributed by atoms with Gasteiger partial charge in [-0.1, -0.05) is 30.3 Å². The van der Waals surface area contributed by atoms with Crippen LogP contribution in [0.2, 0.25) is 0 Å². The van der Waals surface area contributed by atoms with Crippen LogP contribution in [-0.4, -0.2) is 34.9 Å². The highest BCUT2D eigenvalue weighted by Crippen LogP contribution is 2.24. The molecule has 0 saturated carbocycles. The second-order valence-electron chi connectivity index (χ2n) is 5.90. The van der Waals surface area contributed by atoms with E-state index < -0.39 is 6.04 Å². The minimum absolute atomic E-state index is 0.170. The Kier molecular flexibility index (Phi) is 4.46. The van der Waals surface area contributed by atoms with Gasteiger partial charge >= 0.3 is 6.03 Å². The number of hydrogen-bond acceptors (Lipinski definition) is 3. The Labute approximate surface area is 140 Å². The molecule has 3 amide bonds. The normalized spacial score (nSPS) is 17.3. The SMILES string of the molecule is Cc1cc(C)nc(NC(=O)N2CCNC(=O)[C@@H]2c2ccccc2)c1. The lowest BCUT2D eigenvalue weighted by Crippen LogP contribution is -2.53. The first-order valence-electron chi connectivity index (χ1n) is 7.90. The largest absolute Gasteiger partial charge is 0.352 e. The second-order valence-corrected chi connectivity index (χ2v) is 5.90. The van der Waals surface area contributed by atoms with E-state index in [1.54, 1.807) is 4.90 Å². The third-order valence-corrected chi connectivity index (χ3v) is 3.92. The molecule has 0 aliphatic carbocycles. The summed E-state index contributed by atoms with van der Waals surface area (Å²) in [5.74, 6) is 0.325. The van der Waals surface area contributed by atoms with Gasteiger partial charge < -0.3 is 10.2 Å². The predicted octanol–water partition coefficient (Wildman–Crippen LogP) is 2.40. The Morgan fingerprint density at radius 1 is 1.25 bits per heavy atom. The fourth-order valence-electron chi connectivity index (χ4n) is 2.94. The van der Waals surface area contributed by atoms with Crippen molar-refractivity contribution in [3.8, 4) is 0 Å². The van der Waals surface area contributed by atoms with Gasteiger partial charge in [-0.3, -0.25) is 10.1 Å². The summed E-state index contributed by atoms with van der Waals surface area (Å²) in [6, 6.07) is 12.1. The number of carbonyl (C=O) groups is 2. The van der Waals surface area contributed by atoms with Gasteiger partial charge in [0.05, 0.1) is 0 Å². The van der Waals surface area contributed by atoms with Crippen LogP contribution in [0.15, 0.2) is 42.5 Å². The molecule has 0 bridgehead atoms. The van der Waals surface area contributed by atoms with E-state index in [-0.39, 0.29) is 11.9 Å². The highest BCUT2D eigenvalue weighted by Gasteiger charge is 2.34. The van der Waals surface area contributed by atoms with Crippen molar-refractivity contribution >= 4 is 17.8 Å². The summed E-state index contributed by atoms with van der Waals surface area (Å²) in [7, 11) is 0. The minimum Gasteiger partial charge on any atom is -0.352 e. The summed E-state index contributed by atoms with van der Waals surface area (Å²) >= 11 is 0. The van der Waals surface area contributed by atoms with Crippen LogP contribution in [0.5, 0.6) is 0 Å². The van der Waals surface area contributed by atoms with Crippen LogP contribution in [0, 0.1) is 13.8 Å². The van der Waals surface area contributed by atoms with Crippen LogP contribution < -0.4 is 10.6 Å². The number of nitrogens with one attached hydrogen (secondary N) is 2. The van der Waals surface area contributed by atoms with Gasteiger partial charge in [-0.05, 0) is 37.1 Å². The Morgan fingerprint density at radius 2 is 2.00 bits per heavy atom. The van der Waals surface area contributed by atoms with Gasteiger partial charge in [0.1, 0.15) is 11.9 Å². The molecule has 1 aromatic heterocycles. The van der Waals surface area contributed by atoms with Gasteiger partial charge in [-0.25, -0.2) is 9.78 Å². The van der Waals surface area contributed by atoms with Crippen molar-refractivity contribution in [1.82, 2.24) is 15.2 Å². The quantitative estimate of drug-likeness (QED) is 0.891. The van der Waals surface area contributed by atoms with Gasteiger partial charge in [0.15, 0.2) is 0 Å². The maximum absolute atomic E-state index is 12.7. The van der Waals surface area contributed by atoms with E-state index in [0.717, 1.165) is 16.8 Å². The van der Waals surface area contributed by atoms with Crippen molar-refractivity contribution in [2.45, 2.75) is 19.9 Å². The van der Waals surface area contributed by atoms with Gasteiger partial charge in [-0.15, -0.1) is 0 Å². The molecular formula is C18H20N4O2. The second kappa shape index (κ2) is 6.70. The van der Waals surface area contributed by atoms with Crippen molar-refractivity contribution in [2.75, 3.05) is 18.4 Å². The number of rotatable bonds is 2. The summed E-state index contributed by atoms with van der Waals surface area (Å²) < 4.78 is 0. The van der Waals surface area contributed by atoms with Gasteiger partial charge in [0.25, 0.3) is 0 Å². The van der Waals surface area contributed by atoms with Crippen molar-refractivity contribution in [1.29, 1.82) is 0 Å². The third kappa shape index (κ3) is 3.37. The zero-order chi connectivity index (χ0) is 17.1. The van der Waals surface area contributed by atoms with Gasteiger partial charge in [0, 0.05) is 18.8 Å². The average molecular weight is 324 g/mol. The molecule has 1 aliphatic rings. The molecule has 24 heavy (non-hydrogen) atoms. The number of aryl methyl sites for hydroxylation is 2. The highest BCUT2D eigenvalue weighted by atomic mass is 16.2. The van der Waals surface area contributed by atoms with E-state index in [2.05, 4.69) is 15.6 Å². The van der Waals surface area contributed by atoms with Crippen LogP contribution >= 0.6 is 0 Å². The van der Waals surface area contributed by atoms with E-state index >= 15 is 0 Å². The first kappa shape index (κ1) is 16.0. The van der Waals surface area contributed by atoms with E-state index in [4.69, 9.17) is 0 Å². The molecule has 2 heterocycles. The van der Waals surface area contributed by atoms with E-state index in [1.165, 1.54) is 0 Å². The van der Waals surface area contributed by atoms with E-state index in [9.17, 15) is 9.59 Å². The smallest absolute Gasteiger partial charge is 0.324 e. The van der Waals surface area contributed by atoms with Crippen molar-refractivity contribution in [3.63, 3.8) is 0 Å². The molecule has 0 radical (unpaired) electrons. The molecule has 1 atom stereocenters. The van der Waals surface area contributed by atoms with Crippen LogP contribution in [0.25, 0.3) is 0 Å². The van der Waals surface area contributed by atoms with Crippen LogP contribution in [-0.2, 0) is 4.79 Å². The Balaban J connectivity index is 1.85. The number of piperazine rings is 1. The summed E-state index contributed by atoms with van der Waals surface area (Å²) in [5, 5.41) is 5.63. The lowest BCUT2D eigenvalue weighted by atomic mass is 10.0. The zero-order valence-electron chi connectivity index (χ0n) is 13.7. The number of aromatic nitrogens is 1. The molecule has 6 nitrogen and oxygen atoms in total. The third-order valence-electron chi connectivity index (χ3n) is 3.92. The molecule has 3 rings (SSSR count).